The zero-order chi connectivity index (χ0) is 21.0. The summed E-state index contributed by atoms with van der Waals surface area (Å²) in [6, 6.07) is 10.6. The van der Waals surface area contributed by atoms with Crippen LogP contribution in [-0.2, 0) is 16.1 Å². The summed E-state index contributed by atoms with van der Waals surface area (Å²) in [6.07, 6.45) is 2.53. The summed E-state index contributed by atoms with van der Waals surface area (Å²) in [5.41, 5.74) is 11.1. The highest BCUT2D eigenvalue weighted by Crippen LogP contribution is 2.30. The molecule has 1 unspecified atom stereocenters. The van der Waals surface area contributed by atoms with E-state index in [1.165, 1.54) is 7.11 Å². The number of aryl methyl sites for hydroxylation is 2. The molecule has 1 aromatic heterocycles. The van der Waals surface area contributed by atoms with E-state index < -0.39 is 6.04 Å². The van der Waals surface area contributed by atoms with E-state index in [1.54, 1.807) is 18.4 Å². The zero-order valence-corrected chi connectivity index (χ0v) is 17.4. The Bertz CT molecular complexity index is 1040. The summed E-state index contributed by atoms with van der Waals surface area (Å²) < 4.78 is 8.13. The van der Waals surface area contributed by atoms with Gasteiger partial charge in [0.15, 0.2) is 5.84 Å². The number of rotatable bonds is 7. The topological polar surface area (TPSA) is 102 Å². The lowest BCUT2D eigenvalue weighted by atomic mass is 9.98. The molecule has 0 spiro atoms. The first-order valence-electron chi connectivity index (χ1n) is 9.16. The van der Waals surface area contributed by atoms with Gasteiger partial charge >= 0.3 is 0 Å². The SMILES string of the molecule is CCc1cc(C(Nc2ccc(/C(N)=N\OC)cc2)C(=O)NS)cc2c(C)coc12. The molecule has 4 N–H and O–H groups in total. The van der Waals surface area contributed by atoms with Gasteiger partial charge in [0.2, 0.25) is 0 Å². The third-order valence-electron chi connectivity index (χ3n) is 4.73. The third-order valence-corrected chi connectivity index (χ3v) is 4.95. The maximum atomic E-state index is 12.6. The molecule has 7 nitrogen and oxygen atoms in total. The van der Waals surface area contributed by atoms with Crippen LogP contribution in [0.15, 0.2) is 52.2 Å². The van der Waals surface area contributed by atoms with Crippen molar-refractivity contribution >= 4 is 41.2 Å². The minimum atomic E-state index is -0.632. The van der Waals surface area contributed by atoms with E-state index in [9.17, 15) is 4.79 Å². The fourth-order valence-electron chi connectivity index (χ4n) is 3.21. The summed E-state index contributed by atoms with van der Waals surface area (Å²) >= 11 is 3.96. The number of hydrogen-bond acceptors (Lipinski definition) is 6. The third kappa shape index (κ3) is 4.32. The molecule has 152 valence electrons. The van der Waals surface area contributed by atoms with E-state index >= 15 is 0 Å². The average Bonchev–Trinajstić information content (AvgIpc) is 3.12. The van der Waals surface area contributed by atoms with Crippen LogP contribution in [0, 0.1) is 6.92 Å². The van der Waals surface area contributed by atoms with Crippen molar-refractivity contribution in [3.63, 3.8) is 0 Å². The van der Waals surface area contributed by atoms with Crippen molar-refractivity contribution in [3.05, 3.63) is 64.9 Å². The van der Waals surface area contributed by atoms with Crippen molar-refractivity contribution in [1.29, 1.82) is 0 Å². The summed E-state index contributed by atoms with van der Waals surface area (Å²) in [6.45, 7) is 4.04. The molecular formula is C21H24N4O3S. The highest BCUT2D eigenvalue weighted by atomic mass is 32.1. The second-order valence-electron chi connectivity index (χ2n) is 6.62. The molecule has 2 aromatic carbocycles. The van der Waals surface area contributed by atoms with E-state index in [1.807, 2.05) is 31.2 Å². The summed E-state index contributed by atoms with van der Waals surface area (Å²) in [5, 5.41) is 7.98. The Morgan fingerprint density at radius 2 is 2.03 bits per heavy atom. The van der Waals surface area contributed by atoms with E-state index in [2.05, 4.69) is 34.9 Å². The Morgan fingerprint density at radius 1 is 1.31 bits per heavy atom. The van der Waals surface area contributed by atoms with Crippen molar-refractivity contribution in [1.82, 2.24) is 4.72 Å². The Balaban J connectivity index is 1.97. The number of anilines is 1. The first-order chi connectivity index (χ1) is 14.0. The van der Waals surface area contributed by atoms with Gasteiger partial charge in [0.05, 0.1) is 6.26 Å². The molecule has 0 bridgehead atoms. The number of hydrogen-bond donors (Lipinski definition) is 4. The highest BCUT2D eigenvalue weighted by Gasteiger charge is 2.22. The Kier molecular flexibility index (Phi) is 6.33. The average molecular weight is 413 g/mol. The van der Waals surface area contributed by atoms with Gasteiger partial charge in [-0.2, -0.15) is 0 Å². The van der Waals surface area contributed by atoms with Crippen LogP contribution in [0.25, 0.3) is 11.0 Å². The maximum Gasteiger partial charge on any atom is 0.256 e. The van der Waals surface area contributed by atoms with Gasteiger partial charge in [-0.1, -0.05) is 24.9 Å². The number of nitrogens with zero attached hydrogens (tertiary/aromatic N) is 1. The number of carbonyl (C=O) groups excluding carboxylic acids is 1. The van der Waals surface area contributed by atoms with Crippen LogP contribution in [0.1, 0.15) is 35.2 Å². The van der Waals surface area contributed by atoms with E-state index in [0.717, 1.165) is 45.3 Å². The lowest BCUT2D eigenvalue weighted by Gasteiger charge is -2.20. The number of benzene rings is 2. The molecule has 1 heterocycles. The quantitative estimate of drug-likeness (QED) is 0.205. The van der Waals surface area contributed by atoms with Crippen molar-refractivity contribution in [2.75, 3.05) is 12.4 Å². The first kappa shape index (κ1) is 20.6. The van der Waals surface area contributed by atoms with E-state index in [0.29, 0.717) is 0 Å². The molecule has 0 radical (unpaired) electrons. The van der Waals surface area contributed by atoms with Gasteiger partial charge in [0, 0.05) is 16.6 Å². The van der Waals surface area contributed by atoms with Gasteiger partial charge in [0.25, 0.3) is 5.91 Å². The number of furan rings is 1. The van der Waals surface area contributed by atoms with Crippen LogP contribution in [0.4, 0.5) is 5.69 Å². The minimum absolute atomic E-state index is 0.263. The lowest BCUT2D eigenvalue weighted by molar-refractivity contribution is -0.120. The molecular weight excluding hydrogens is 388 g/mol. The minimum Gasteiger partial charge on any atom is -0.464 e. The predicted octanol–water partition coefficient (Wildman–Crippen LogP) is 3.68. The predicted molar refractivity (Wildman–Crippen MR) is 118 cm³/mol. The largest absolute Gasteiger partial charge is 0.464 e. The first-order valence-corrected chi connectivity index (χ1v) is 9.61. The molecule has 3 aromatic rings. The Morgan fingerprint density at radius 3 is 2.66 bits per heavy atom. The van der Waals surface area contributed by atoms with Gasteiger partial charge < -0.3 is 25.0 Å². The van der Waals surface area contributed by atoms with Crippen LogP contribution < -0.4 is 15.8 Å². The number of nitrogens with two attached hydrogens (primary N) is 1. The zero-order valence-electron chi connectivity index (χ0n) is 16.5. The second kappa shape index (κ2) is 8.91. The van der Waals surface area contributed by atoms with Crippen molar-refractivity contribution in [3.8, 4) is 0 Å². The van der Waals surface area contributed by atoms with Crippen LogP contribution >= 0.6 is 12.8 Å². The van der Waals surface area contributed by atoms with Crippen LogP contribution in [0.2, 0.25) is 0 Å². The van der Waals surface area contributed by atoms with Crippen LogP contribution in [0.3, 0.4) is 0 Å². The van der Waals surface area contributed by atoms with E-state index in [4.69, 9.17) is 15.0 Å². The molecule has 1 amide bonds. The van der Waals surface area contributed by atoms with Gasteiger partial charge in [0.1, 0.15) is 18.7 Å². The molecule has 0 saturated carbocycles. The summed E-state index contributed by atoms with van der Waals surface area (Å²) in [4.78, 5) is 17.3. The maximum absolute atomic E-state index is 12.6. The number of fused-ring (bicyclic) bond motifs is 1. The fourth-order valence-corrected chi connectivity index (χ4v) is 3.33. The van der Waals surface area contributed by atoms with Crippen LogP contribution in [0.5, 0.6) is 0 Å². The highest BCUT2D eigenvalue weighted by molar-refractivity contribution is 7.78. The molecule has 29 heavy (non-hydrogen) atoms. The molecule has 8 heteroatoms. The number of thiol groups is 1. The van der Waals surface area contributed by atoms with Crippen molar-refractivity contribution < 1.29 is 14.0 Å². The second-order valence-corrected chi connectivity index (χ2v) is 6.84. The van der Waals surface area contributed by atoms with E-state index in [-0.39, 0.29) is 11.7 Å². The Hall–Kier alpha value is -3.13. The van der Waals surface area contributed by atoms with Gasteiger partial charge in [-0.15, -0.1) is 0 Å². The van der Waals surface area contributed by atoms with Gasteiger partial charge in [-0.25, -0.2) is 0 Å². The summed E-state index contributed by atoms with van der Waals surface area (Å²) in [5.74, 6) is 0.0117. The monoisotopic (exact) mass is 412 g/mol. The molecule has 0 aliphatic heterocycles. The fraction of sp³-hybridized carbons (Fsp3) is 0.238. The van der Waals surface area contributed by atoms with Gasteiger partial charge in [-0.3, -0.25) is 4.79 Å². The van der Waals surface area contributed by atoms with Crippen LogP contribution in [-0.4, -0.2) is 18.9 Å². The number of carbonyl (C=O) groups is 1. The Labute approximate surface area is 174 Å². The molecule has 1 atom stereocenters. The number of amides is 1. The standard InChI is InChI=1S/C21H24N4O3S/c1-4-13-9-15(10-17-12(2)11-28-19(13)17)18(21(26)25-29)23-16-7-5-14(6-8-16)20(22)24-27-3/h5-11,18,23,29H,4H2,1-3H3,(H2,22,24)(H,25,26). The lowest BCUT2D eigenvalue weighted by Crippen LogP contribution is -2.28. The molecule has 0 fully saturated rings. The van der Waals surface area contributed by atoms with Crippen molar-refractivity contribution in [2.45, 2.75) is 26.3 Å². The number of amidine groups is 1. The normalized spacial score (nSPS) is 12.6. The van der Waals surface area contributed by atoms with Gasteiger partial charge in [-0.05, 0) is 66.4 Å². The van der Waals surface area contributed by atoms with Crippen molar-refractivity contribution in [2.24, 2.45) is 10.9 Å². The molecule has 0 aliphatic carbocycles. The number of nitrogens with one attached hydrogen (secondary N) is 2. The molecule has 0 saturated heterocycles. The smallest absolute Gasteiger partial charge is 0.256 e. The number of oxime groups is 1. The summed E-state index contributed by atoms with van der Waals surface area (Å²) in [7, 11) is 1.44. The molecule has 3 rings (SSSR count). The molecule has 0 aliphatic rings.